The van der Waals surface area contributed by atoms with Gasteiger partial charge in [-0.2, -0.15) is 5.26 Å². The molecular weight excluding hydrogens is 264 g/mol. The Morgan fingerprint density at radius 2 is 2.12 bits per heavy atom. The van der Waals surface area contributed by atoms with Crippen LogP contribution in [-0.2, 0) is 0 Å². The molecule has 0 saturated carbocycles. The van der Waals surface area contributed by atoms with E-state index in [9.17, 15) is 0 Å². The maximum atomic E-state index is 8.63. The number of hydrogen-bond donors (Lipinski definition) is 1. The van der Waals surface area contributed by atoms with E-state index in [1.165, 1.54) is 5.56 Å². The minimum Gasteiger partial charge on any atom is -0.305 e. The number of nitrogens with one attached hydrogen (secondary N) is 1. The molecule has 1 aromatic rings. The lowest BCUT2D eigenvalue weighted by Gasteiger charge is -2.17. The Morgan fingerprint density at radius 1 is 1.44 bits per heavy atom. The minimum absolute atomic E-state index is 0.218. The minimum atomic E-state index is 0.218. The lowest BCUT2D eigenvalue weighted by molar-refractivity contribution is 0.533. The third-order valence-electron chi connectivity index (χ3n) is 2.29. The summed E-state index contributed by atoms with van der Waals surface area (Å²) in [6.45, 7) is 4.50. The number of halogens is 1. The molecular formula is C13H15BrN2. The van der Waals surface area contributed by atoms with Crippen LogP contribution in [-0.4, -0.2) is 6.54 Å². The molecule has 0 aliphatic heterocycles. The predicted molar refractivity (Wildman–Crippen MR) is 70.1 cm³/mol. The summed E-state index contributed by atoms with van der Waals surface area (Å²) in [4.78, 5) is 0. The SMILES string of the molecule is C=C(Br)CN[C@H](CCC#N)c1ccccc1. The average molecular weight is 279 g/mol. The molecule has 3 heteroatoms. The van der Waals surface area contributed by atoms with Crippen LogP contribution in [0.4, 0.5) is 0 Å². The summed E-state index contributed by atoms with van der Waals surface area (Å²) in [6.07, 6.45) is 1.38. The van der Waals surface area contributed by atoms with Crippen molar-refractivity contribution >= 4 is 15.9 Å². The molecule has 0 heterocycles. The van der Waals surface area contributed by atoms with Gasteiger partial charge in [-0.25, -0.2) is 0 Å². The Hall–Kier alpha value is -1.11. The van der Waals surface area contributed by atoms with Gasteiger partial charge in [0.25, 0.3) is 0 Å². The molecule has 0 saturated heterocycles. The van der Waals surface area contributed by atoms with Gasteiger partial charge in [-0.1, -0.05) is 52.8 Å². The maximum Gasteiger partial charge on any atom is 0.0622 e. The third-order valence-corrected chi connectivity index (χ3v) is 2.57. The lowest BCUT2D eigenvalue weighted by Crippen LogP contribution is -2.22. The van der Waals surface area contributed by atoms with Gasteiger partial charge in [0.2, 0.25) is 0 Å². The normalized spacial score (nSPS) is 11.8. The van der Waals surface area contributed by atoms with E-state index in [2.05, 4.69) is 46.0 Å². The second-order valence-corrected chi connectivity index (χ2v) is 4.68. The van der Waals surface area contributed by atoms with Crippen LogP contribution in [0.2, 0.25) is 0 Å². The largest absolute Gasteiger partial charge is 0.305 e. The first-order valence-corrected chi connectivity index (χ1v) is 6.02. The van der Waals surface area contributed by atoms with Crippen molar-refractivity contribution < 1.29 is 0 Å². The quantitative estimate of drug-likeness (QED) is 0.864. The summed E-state index contributed by atoms with van der Waals surface area (Å²) in [5.41, 5.74) is 1.21. The topological polar surface area (TPSA) is 35.8 Å². The molecule has 0 aromatic heterocycles. The van der Waals surface area contributed by atoms with E-state index < -0.39 is 0 Å². The fraction of sp³-hybridized carbons (Fsp3) is 0.308. The van der Waals surface area contributed by atoms with E-state index in [1.807, 2.05) is 18.2 Å². The molecule has 0 radical (unpaired) electrons. The molecule has 0 unspecified atom stereocenters. The third kappa shape index (κ3) is 4.61. The number of benzene rings is 1. The number of rotatable bonds is 6. The highest BCUT2D eigenvalue weighted by atomic mass is 79.9. The first-order valence-electron chi connectivity index (χ1n) is 5.22. The van der Waals surface area contributed by atoms with Crippen molar-refractivity contribution in [1.29, 1.82) is 5.26 Å². The van der Waals surface area contributed by atoms with Crippen molar-refractivity contribution in [3.8, 4) is 6.07 Å². The second kappa shape index (κ2) is 7.21. The highest BCUT2D eigenvalue weighted by Crippen LogP contribution is 2.18. The standard InChI is InChI=1S/C13H15BrN2/c1-11(14)10-16-13(8-5-9-15)12-6-3-2-4-7-12/h2-4,6-7,13,16H,1,5,8,10H2/t13-/m1/s1. The van der Waals surface area contributed by atoms with Crippen LogP contribution in [0.15, 0.2) is 41.4 Å². The van der Waals surface area contributed by atoms with E-state index >= 15 is 0 Å². The average Bonchev–Trinajstić information content (AvgIpc) is 2.30. The molecule has 2 nitrogen and oxygen atoms in total. The molecule has 0 spiro atoms. The van der Waals surface area contributed by atoms with E-state index in [0.29, 0.717) is 13.0 Å². The molecule has 16 heavy (non-hydrogen) atoms. The zero-order chi connectivity index (χ0) is 11.8. The van der Waals surface area contributed by atoms with Crippen LogP contribution < -0.4 is 5.32 Å². The van der Waals surface area contributed by atoms with Crippen molar-refractivity contribution in [3.63, 3.8) is 0 Å². The van der Waals surface area contributed by atoms with Crippen molar-refractivity contribution in [2.45, 2.75) is 18.9 Å². The zero-order valence-corrected chi connectivity index (χ0v) is 10.7. The number of nitriles is 1. The molecule has 0 amide bonds. The van der Waals surface area contributed by atoms with E-state index in [-0.39, 0.29) is 6.04 Å². The van der Waals surface area contributed by atoms with Crippen LogP contribution in [0, 0.1) is 11.3 Å². The molecule has 1 rings (SSSR count). The maximum absolute atomic E-state index is 8.63. The van der Waals surface area contributed by atoms with Crippen molar-refractivity contribution in [2.75, 3.05) is 6.54 Å². The molecule has 0 aliphatic rings. The molecule has 0 aliphatic carbocycles. The molecule has 0 fully saturated rings. The first-order chi connectivity index (χ1) is 7.74. The summed E-state index contributed by atoms with van der Waals surface area (Å²) in [6, 6.07) is 12.6. The first kappa shape index (κ1) is 13.0. The van der Waals surface area contributed by atoms with Crippen molar-refractivity contribution in [1.82, 2.24) is 5.32 Å². The van der Waals surface area contributed by atoms with Gasteiger partial charge >= 0.3 is 0 Å². The Labute approximate surface area is 105 Å². The van der Waals surface area contributed by atoms with Gasteiger partial charge in [0.15, 0.2) is 0 Å². The summed E-state index contributed by atoms with van der Waals surface area (Å²) < 4.78 is 0.922. The fourth-order valence-electron chi connectivity index (χ4n) is 1.51. The van der Waals surface area contributed by atoms with E-state index in [1.54, 1.807) is 0 Å². The van der Waals surface area contributed by atoms with Crippen LogP contribution >= 0.6 is 15.9 Å². The summed E-state index contributed by atoms with van der Waals surface area (Å²) >= 11 is 3.32. The highest BCUT2D eigenvalue weighted by Gasteiger charge is 2.09. The van der Waals surface area contributed by atoms with Gasteiger partial charge in [0, 0.05) is 23.5 Å². The van der Waals surface area contributed by atoms with Gasteiger partial charge < -0.3 is 5.32 Å². The van der Waals surface area contributed by atoms with Gasteiger partial charge in [-0.05, 0) is 12.0 Å². The predicted octanol–water partition coefficient (Wildman–Crippen LogP) is 3.53. The van der Waals surface area contributed by atoms with Gasteiger partial charge in [-0.3, -0.25) is 0 Å². The molecule has 1 aromatic carbocycles. The molecule has 0 bridgehead atoms. The van der Waals surface area contributed by atoms with Crippen LogP contribution in [0.5, 0.6) is 0 Å². The summed E-state index contributed by atoms with van der Waals surface area (Å²) in [5.74, 6) is 0. The van der Waals surface area contributed by atoms with Crippen molar-refractivity contribution in [3.05, 3.63) is 47.0 Å². The van der Waals surface area contributed by atoms with Gasteiger partial charge in [-0.15, -0.1) is 0 Å². The summed E-state index contributed by atoms with van der Waals surface area (Å²) in [7, 11) is 0. The number of nitrogens with zero attached hydrogens (tertiary/aromatic N) is 1. The van der Waals surface area contributed by atoms with E-state index in [0.717, 1.165) is 10.9 Å². The highest BCUT2D eigenvalue weighted by molar-refractivity contribution is 9.11. The Bertz CT molecular complexity index is 367. The Morgan fingerprint density at radius 3 is 2.69 bits per heavy atom. The van der Waals surface area contributed by atoms with Crippen LogP contribution in [0.1, 0.15) is 24.4 Å². The number of hydrogen-bond acceptors (Lipinski definition) is 2. The summed E-state index contributed by atoms with van der Waals surface area (Å²) in [5, 5.41) is 12.0. The Kier molecular flexibility index (Phi) is 5.84. The monoisotopic (exact) mass is 278 g/mol. The van der Waals surface area contributed by atoms with E-state index in [4.69, 9.17) is 5.26 Å². The van der Waals surface area contributed by atoms with Crippen molar-refractivity contribution in [2.24, 2.45) is 0 Å². The zero-order valence-electron chi connectivity index (χ0n) is 9.12. The molecule has 84 valence electrons. The molecule has 1 N–H and O–H groups in total. The van der Waals surface area contributed by atoms with Gasteiger partial charge in [0.1, 0.15) is 0 Å². The molecule has 1 atom stereocenters. The smallest absolute Gasteiger partial charge is 0.0622 e. The Balaban J connectivity index is 2.64. The lowest BCUT2D eigenvalue weighted by atomic mass is 10.0. The van der Waals surface area contributed by atoms with Gasteiger partial charge in [0.05, 0.1) is 6.07 Å². The van der Waals surface area contributed by atoms with Crippen LogP contribution in [0.25, 0.3) is 0 Å². The second-order valence-electron chi connectivity index (χ2n) is 3.56. The fourth-order valence-corrected chi connectivity index (χ4v) is 1.68. The van der Waals surface area contributed by atoms with Crippen LogP contribution in [0.3, 0.4) is 0 Å².